The molecule has 0 spiro atoms. The molecule has 152 valence electrons. The van der Waals surface area contributed by atoms with Crippen molar-refractivity contribution < 1.29 is 9.53 Å². The molecule has 1 aromatic heterocycles. The van der Waals surface area contributed by atoms with Crippen LogP contribution in [-0.4, -0.2) is 57.1 Å². The van der Waals surface area contributed by atoms with Gasteiger partial charge in [-0.25, -0.2) is 4.99 Å². The molecule has 1 heterocycles. The van der Waals surface area contributed by atoms with Crippen LogP contribution in [0.15, 0.2) is 46.8 Å². The lowest BCUT2D eigenvalue weighted by Gasteiger charge is -2.14. The molecule has 0 unspecified atom stereocenters. The van der Waals surface area contributed by atoms with Crippen LogP contribution < -0.4 is 15.4 Å². The number of amides is 1. The topological polar surface area (TPSA) is 66.0 Å². The second-order valence-corrected chi connectivity index (χ2v) is 7.50. The highest BCUT2D eigenvalue weighted by Crippen LogP contribution is 2.13. The van der Waals surface area contributed by atoms with Crippen LogP contribution in [0.2, 0.25) is 0 Å². The van der Waals surface area contributed by atoms with E-state index in [9.17, 15) is 4.79 Å². The minimum Gasteiger partial charge on any atom is -0.494 e. The standard InChI is InChI=1S/C21H30N4O2S/c1-4-27-18-8-5-7-17(15-18)10-12-22-21(24-16-20(26)25(2)3)23-13-11-19-9-6-14-28-19/h5-9,14-15H,4,10-13,16H2,1-3H3,(H2,22,23,24). The molecular formula is C21H30N4O2S. The third-order valence-corrected chi connectivity index (χ3v) is 4.97. The molecule has 0 aliphatic rings. The summed E-state index contributed by atoms with van der Waals surface area (Å²) in [6.07, 6.45) is 1.77. The first-order chi connectivity index (χ1) is 13.6. The average molecular weight is 403 g/mol. The molecule has 0 saturated carbocycles. The number of aliphatic imine (C=N–C) groups is 1. The van der Waals surface area contributed by atoms with Crippen LogP contribution in [0.25, 0.3) is 0 Å². The summed E-state index contributed by atoms with van der Waals surface area (Å²) in [5.74, 6) is 1.52. The van der Waals surface area contributed by atoms with Gasteiger partial charge in [-0.05, 0) is 48.9 Å². The Morgan fingerprint density at radius 1 is 1.14 bits per heavy atom. The summed E-state index contributed by atoms with van der Waals surface area (Å²) in [7, 11) is 3.47. The fourth-order valence-corrected chi connectivity index (χ4v) is 3.21. The molecule has 6 nitrogen and oxygen atoms in total. The van der Waals surface area contributed by atoms with Gasteiger partial charge in [0.2, 0.25) is 5.91 Å². The molecule has 0 aliphatic heterocycles. The van der Waals surface area contributed by atoms with Crippen LogP contribution in [0.5, 0.6) is 5.75 Å². The highest BCUT2D eigenvalue weighted by molar-refractivity contribution is 7.09. The summed E-state index contributed by atoms with van der Waals surface area (Å²) >= 11 is 1.74. The maximum atomic E-state index is 11.9. The predicted octanol–water partition coefficient (Wildman–Crippen LogP) is 2.56. The zero-order valence-electron chi connectivity index (χ0n) is 16.9. The Balaban J connectivity index is 1.87. The van der Waals surface area contributed by atoms with Crippen molar-refractivity contribution in [3.8, 4) is 5.75 Å². The number of guanidine groups is 1. The SMILES string of the molecule is CCOc1cccc(CCNC(=NCC(=O)N(C)C)NCCc2cccs2)c1. The Morgan fingerprint density at radius 3 is 2.61 bits per heavy atom. The number of ether oxygens (including phenoxy) is 1. The van der Waals surface area contributed by atoms with Gasteiger partial charge in [0.1, 0.15) is 12.3 Å². The first kappa shape index (κ1) is 21.8. The lowest BCUT2D eigenvalue weighted by molar-refractivity contribution is -0.127. The number of rotatable bonds is 10. The van der Waals surface area contributed by atoms with Gasteiger partial charge in [-0.15, -0.1) is 11.3 Å². The summed E-state index contributed by atoms with van der Waals surface area (Å²) in [5.41, 5.74) is 1.20. The second kappa shape index (κ2) is 12.0. The van der Waals surface area contributed by atoms with Crippen molar-refractivity contribution in [2.24, 2.45) is 4.99 Å². The van der Waals surface area contributed by atoms with Gasteiger partial charge in [0.25, 0.3) is 0 Å². The van der Waals surface area contributed by atoms with Gasteiger partial charge in [-0.3, -0.25) is 4.79 Å². The molecule has 0 atom stereocenters. The van der Waals surface area contributed by atoms with Crippen molar-refractivity contribution in [2.45, 2.75) is 19.8 Å². The summed E-state index contributed by atoms with van der Waals surface area (Å²) in [5, 5.41) is 8.72. The van der Waals surface area contributed by atoms with E-state index in [1.807, 2.05) is 19.1 Å². The molecule has 0 saturated heterocycles. The molecular weight excluding hydrogens is 372 g/mol. The second-order valence-electron chi connectivity index (χ2n) is 6.47. The molecule has 0 radical (unpaired) electrons. The predicted molar refractivity (Wildman–Crippen MR) is 116 cm³/mol. The van der Waals surface area contributed by atoms with Crippen molar-refractivity contribution in [3.63, 3.8) is 0 Å². The minimum atomic E-state index is -0.0243. The number of nitrogens with zero attached hydrogens (tertiary/aromatic N) is 2. The summed E-state index contributed by atoms with van der Waals surface area (Å²) < 4.78 is 5.55. The molecule has 1 aromatic carbocycles. The Kier molecular flexibility index (Phi) is 9.34. The third-order valence-electron chi connectivity index (χ3n) is 4.03. The molecule has 28 heavy (non-hydrogen) atoms. The first-order valence-electron chi connectivity index (χ1n) is 9.55. The molecule has 2 rings (SSSR count). The monoisotopic (exact) mass is 402 g/mol. The average Bonchev–Trinajstić information content (AvgIpc) is 3.19. The molecule has 0 fully saturated rings. The van der Waals surface area contributed by atoms with Crippen molar-refractivity contribution in [2.75, 3.05) is 40.3 Å². The van der Waals surface area contributed by atoms with E-state index in [4.69, 9.17) is 4.74 Å². The van der Waals surface area contributed by atoms with Gasteiger partial charge >= 0.3 is 0 Å². The molecule has 1 amide bonds. The van der Waals surface area contributed by atoms with Gasteiger partial charge in [0, 0.05) is 32.1 Å². The van der Waals surface area contributed by atoms with Crippen molar-refractivity contribution in [1.82, 2.24) is 15.5 Å². The van der Waals surface area contributed by atoms with Crippen molar-refractivity contribution in [3.05, 3.63) is 52.2 Å². The summed E-state index contributed by atoms with van der Waals surface area (Å²) in [6, 6.07) is 12.3. The summed E-state index contributed by atoms with van der Waals surface area (Å²) in [4.78, 5) is 19.1. The van der Waals surface area contributed by atoms with Gasteiger partial charge in [-0.2, -0.15) is 0 Å². The fraction of sp³-hybridized carbons (Fsp3) is 0.429. The number of carbonyl (C=O) groups excluding carboxylic acids is 1. The van der Waals surface area contributed by atoms with E-state index in [2.05, 4.69) is 45.3 Å². The Morgan fingerprint density at radius 2 is 1.93 bits per heavy atom. The molecule has 2 aromatic rings. The number of hydrogen-bond acceptors (Lipinski definition) is 4. The number of thiophene rings is 1. The van der Waals surface area contributed by atoms with Crippen LogP contribution in [0.4, 0.5) is 0 Å². The van der Waals surface area contributed by atoms with Gasteiger partial charge < -0.3 is 20.3 Å². The largest absolute Gasteiger partial charge is 0.494 e. The highest BCUT2D eigenvalue weighted by atomic mass is 32.1. The van der Waals surface area contributed by atoms with Crippen LogP contribution in [-0.2, 0) is 17.6 Å². The van der Waals surface area contributed by atoms with E-state index in [-0.39, 0.29) is 12.5 Å². The number of hydrogen-bond donors (Lipinski definition) is 2. The normalized spacial score (nSPS) is 11.2. The van der Waals surface area contributed by atoms with Crippen molar-refractivity contribution >= 4 is 23.2 Å². The van der Waals surface area contributed by atoms with Crippen LogP contribution in [0.3, 0.4) is 0 Å². The zero-order valence-corrected chi connectivity index (χ0v) is 17.7. The van der Waals surface area contributed by atoms with Crippen LogP contribution in [0.1, 0.15) is 17.4 Å². The fourth-order valence-electron chi connectivity index (χ4n) is 2.50. The highest BCUT2D eigenvalue weighted by Gasteiger charge is 2.05. The number of benzene rings is 1. The first-order valence-corrected chi connectivity index (χ1v) is 10.4. The Labute approximate surface area is 171 Å². The Bertz CT molecular complexity index is 745. The third kappa shape index (κ3) is 8.00. The number of nitrogens with one attached hydrogen (secondary N) is 2. The quantitative estimate of drug-likeness (QED) is 0.474. The Hall–Kier alpha value is -2.54. The van der Waals surface area contributed by atoms with E-state index in [1.165, 1.54) is 10.4 Å². The lowest BCUT2D eigenvalue weighted by atomic mass is 10.1. The van der Waals surface area contributed by atoms with Crippen molar-refractivity contribution in [1.29, 1.82) is 0 Å². The smallest absolute Gasteiger partial charge is 0.243 e. The molecule has 0 aliphatic carbocycles. The minimum absolute atomic E-state index is 0.0243. The lowest BCUT2D eigenvalue weighted by Crippen LogP contribution is -2.40. The van der Waals surface area contributed by atoms with Gasteiger partial charge in [-0.1, -0.05) is 18.2 Å². The van der Waals surface area contributed by atoms with E-state index < -0.39 is 0 Å². The number of likely N-dealkylation sites (N-methyl/N-ethyl adjacent to an activating group) is 1. The van der Waals surface area contributed by atoms with E-state index in [1.54, 1.807) is 30.3 Å². The van der Waals surface area contributed by atoms with Crippen LogP contribution in [0, 0.1) is 0 Å². The molecule has 0 bridgehead atoms. The summed E-state index contributed by atoms with van der Waals surface area (Å²) in [6.45, 7) is 4.25. The maximum Gasteiger partial charge on any atom is 0.243 e. The molecule has 7 heteroatoms. The van der Waals surface area contributed by atoms with Crippen LogP contribution >= 0.6 is 11.3 Å². The zero-order chi connectivity index (χ0) is 20.2. The van der Waals surface area contributed by atoms with E-state index in [0.29, 0.717) is 12.6 Å². The van der Waals surface area contributed by atoms with E-state index >= 15 is 0 Å². The number of carbonyl (C=O) groups is 1. The van der Waals surface area contributed by atoms with Gasteiger partial charge in [0.15, 0.2) is 5.96 Å². The van der Waals surface area contributed by atoms with E-state index in [0.717, 1.165) is 31.7 Å². The maximum absolute atomic E-state index is 11.9. The molecule has 2 N–H and O–H groups in total. The van der Waals surface area contributed by atoms with Gasteiger partial charge in [0.05, 0.1) is 6.61 Å².